The Morgan fingerprint density at radius 1 is 0.825 bits per heavy atom. The molecule has 1 unspecified atom stereocenters. The monoisotopic (exact) mass is 574 g/mol. The molecule has 0 aromatic rings. The highest BCUT2D eigenvalue weighted by Gasteiger charge is 2.35. The number of hydrogen-bond donors (Lipinski definition) is 1. The normalized spacial score (nSPS) is 30.5. The summed E-state index contributed by atoms with van der Waals surface area (Å²) in [6.07, 6.45) is 26.1. The van der Waals surface area contributed by atoms with Crippen molar-refractivity contribution in [2.24, 2.45) is 41.4 Å². The molecular weight excluding hydrogens is 508 g/mol. The van der Waals surface area contributed by atoms with Crippen LogP contribution < -0.4 is 0 Å². The van der Waals surface area contributed by atoms with Gasteiger partial charge in [-0.25, -0.2) is 4.79 Å². The van der Waals surface area contributed by atoms with Crippen molar-refractivity contribution in [3.63, 3.8) is 0 Å². The van der Waals surface area contributed by atoms with Gasteiger partial charge in [-0.1, -0.05) is 96.5 Å². The minimum atomic E-state index is -1.24. The van der Waals surface area contributed by atoms with Crippen molar-refractivity contribution < 1.29 is 14.6 Å². The molecule has 3 fully saturated rings. The first-order valence-electron chi connectivity index (χ1n) is 17.6. The molecule has 0 bridgehead atoms. The topological polar surface area (TPSA) is 46.5 Å². The van der Waals surface area contributed by atoms with Gasteiger partial charge in [0.15, 0.2) is 0 Å². The van der Waals surface area contributed by atoms with Gasteiger partial charge in [-0.2, -0.15) is 0 Å². The van der Waals surface area contributed by atoms with E-state index >= 15 is 0 Å². The smallest absolute Gasteiger partial charge is 0.333 e. The van der Waals surface area contributed by atoms with E-state index in [2.05, 4.69) is 26.6 Å². The zero-order valence-electron chi connectivity index (χ0n) is 27.1. The van der Waals surface area contributed by atoms with Crippen LogP contribution in [0.4, 0.5) is 0 Å². The number of esters is 1. The number of aliphatic hydroxyl groups excluding tert-OH is 1. The van der Waals surface area contributed by atoms with Crippen molar-refractivity contribution in [1.29, 1.82) is 0 Å². The highest BCUT2D eigenvalue weighted by Crippen LogP contribution is 2.47. The van der Waals surface area contributed by atoms with Crippen LogP contribution in [0, 0.1) is 41.4 Å². The second-order valence-corrected chi connectivity index (χ2v) is 20.7. The summed E-state index contributed by atoms with van der Waals surface area (Å²) < 4.78 is 5.29. The van der Waals surface area contributed by atoms with Crippen molar-refractivity contribution in [3.8, 4) is 0 Å². The third-order valence-corrected chi connectivity index (χ3v) is 14.9. The molecule has 1 atom stereocenters. The number of rotatable bonds is 16. The lowest BCUT2D eigenvalue weighted by atomic mass is 9.65. The van der Waals surface area contributed by atoms with E-state index in [9.17, 15) is 9.90 Å². The van der Waals surface area contributed by atoms with Crippen LogP contribution in [0.5, 0.6) is 0 Å². The molecule has 0 spiro atoms. The second kappa shape index (κ2) is 17.5. The summed E-state index contributed by atoms with van der Waals surface area (Å²) in [6.45, 7) is 13.2. The molecule has 0 aromatic heterocycles. The molecule has 3 nitrogen and oxygen atoms in total. The number of carbonyl (C=O) groups excluding carboxylic acids is 1. The second-order valence-electron chi connectivity index (χ2n) is 15.4. The van der Waals surface area contributed by atoms with Crippen molar-refractivity contribution in [3.05, 3.63) is 12.2 Å². The Labute approximate surface area is 249 Å². The first-order valence-corrected chi connectivity index (χ1v) is 21.1. The molecule has 3 rings (SSSR count). The SMILES string of the molecule is C=C(C)C(=O)OCC(CO)CCC[Si](C)(C)CC1CCC(C2CCC(C3CCC(CCCCC)CC3)CC2)CC1. The third-order valence-electron chi connectivity index (χ3n) is 11.5. The van der Waals surface area contributed by atoms with Crippen LogP contribution in [0.3, 0.4) is 0 Å². The summed E-state index contributed by atoms with van der Waals surface area (Å²) in [5.41, 5.74) is 0.429. The Kier molecular flexibility index (Phi) is 14.8. The number of unbranched alkanes of at least 4 members (excludes halogenated alkanes) is 2. The molecule has 40 heavy (non-hydrogen) atoms. The quantitative estimate of drug-likeness (QED) is 0.0863. The van der Waals surface area contributed by atoms with Crippen LogP contribution >= 0.6 is 0 Å². The van der Waals surface area contributed by atoms with Crippen molar-refractivity contribution in [1.82, 2.24) is 0 Å². The average molecular weight is 575 g/mol. The first-order chi connectivity index (χ1) is 19.2. The molecule has 0 aliphatic heterocycles. The van der Waals surface area contributed by atoms with Crippen LogP contribution in [-0.4, -0.2) is 32.4 Å². The van der Waals surface area contributed by atoms with E-state index in [0.717, 1.165) is 48.3 Å². The maximum absolute atomic E-state index is 11.7. The summed E-state index contributed by atoms with van der Waals surface area (Å²) in [5, 5.41) is 9.72. The fourth-order valence-corrected chi connectivity index (χ4v) is 12.2. The molecule has 0 saturated heterocycles. The third kappa shape index (κ3) is 11.6. The summed E-state index contributed by atoms with van der Waals surface area (Å²) in [5.74, 6) is 5.89. The van der Waals surface area contributed by atoms with Gasteiger partial charge in [0.1, 0.15) is 0 Å². The number of aliphatic hydroxyl groups is 1. The Hall–Kier alpha value is -0.613. The van der Waals surface area contributed by atoms with Gasteiger partial charge < -0.3 is 9.84 Å². The predicted molar refractivity (Wildman–Crippen MR) is 173 cm³/mol. The molecule has 0 amide bonds. The molecule has 0 aromatic carbocycles. The van der Waals surface area contributed by atoms with Crippen LogP contribution in [0.1, 0.15) is 129 Å². The summed E-state index contributed by atoms with van der Waals surface area (Å²) in [4.78, 5) is 11.7. The number of hydrogen-bond acceptors (Lipinski definition) is 3. The molecule has 0 radical (unpaired) electrons. The molecule has 0 heterocycles. The number of carbonyl (C=O) groups is 1. The summed E-state index contributed by atoms with van der Waals surface area (Å²) in [7, 11) is -1.24. The minimum Gasteiger partial charge on any atom is -0.462 e. The van der Waals surface area contributed by atoms with E-state index < -0.39 is 8.07 Å². The van der Waals surface area contributed by atoms with Gasteiger partial charge in [0.25, 0.3) is 0 Å². The van der Waals surface area contributed by atoms with Crippen molar-refractivity contribution >= 4 is 14.0 Å². The van der Waals surface area contributed by atoms with Gasteiger partial charge in [-0.05, 0) is 100 Å². The molecule has 3 saturated carbocycles. The lowest BCUT2D eigenvalue weighted by Crippen LogP contribution is -2.33. The highest BCUT2D eigenvalue weighted by molar-refractivity contribution is 6.77. The van der Waals surface area contributed by atoms with Crippen LogP contribution in [0.25, 0.3) is 0 Å². The van der Waals surface area contributed by atoms with E-state index in [0.29, 0.717) is 12.2 Å². The Morgan fingerprint density at radius 2 is 1.32 bits per heavy atom. The molecule has 1 N–H and O–H groups in total. The van der Waals surface area contributed by atoms with Crippen LogP contribution in [-0.2, 0) is 9.53 Å². The van der Waals surface area contributed by atoms with E-state index in [4.69, 9.17) is 4.74 Å². The van der Waals surface area contributed by atoms with Crippen LogP contribution in [0.15, 0.2) is 12.2 Å². The van der Waals surface area contributed by atoms with E-state index in [1.807, 2.05) is 0 Å². The van der Waals surface area contributed by atoms with Gasteiger partial charge in [-0.3, -0.25) is 0 Å². The van der Waals surface area contributed by atoms with Crippen molar-refractivity contribution in [2.75, 3.05) is 13.2 Å². The van der Waals surface area contributed by atoms with Gasteiger partial charge >= 0.3 is 5.97 Å². The summed E-state index contributed by atoms with van der Waals surface area (Å²) >= 11 is 0. The lowest BCUT2D eigenvalue weighted by molar-refractivity contribution is -0.140. The maximum Gasteiger partial charge on any atom is 0.333 e. The van der Waals surface area contributed by atoms with Gasteiger partial charge in [-0.15, -0.1) is 0 Å². The van der Waals surface area contributed by atoms with Gasteiger partial charge in [0.05, 0.1) is 6.61 Å². The average Bonchev–Trinajstić information content (AvgIpc) is 2.95. The molecular formula is C36H66O3Si. The fraction of sp³-hybridized carbons (Fsp3) is 0.917. The largest absolute Gasteiger partial charge is 0.462 e. The van der Waals surface area contributed by atoms with Crippen LogP contribution in [0.2, 0.25) is 25.2 Å². The van der Waals surface area contributed by atoms with E-state index in [-0.39, 0.29) is 18.5 Å². The lowest BCUT2D eigenvalue weighted by Gasteiger charge is -2.42. The van der Waals surface area contributed by atoms with Crippen molar-refractivity contribution in [2.45, 2.75) is 155 Å². The van der Waals surface area contributed by atoms with Gasteiger partial charge in [0.2, 0.25) is 0 Å². The Morgan fingerprint density at radius 3 is 1.80 bits per heavy atom. The van der Waals surface area contributed by atoms with Gasteiger partial charge in [0, 0.05) is 26.2 Å². The fourth-order valence-electron chi connectivity index (χ4n) is 8.88. The maximum atomic E-state index is 11.7. The molecule has 3 aliphatic carbocycles. The molecule has 232 valence electrons. The molecule has 3 aliphatic rings. The van der Waals surface area contributed by atoms with E-state index in [1.54, 1.807) is 19.8 Å². The summed E-state index contributed by atoms with van der Waals surface area (Å²) in [6, 6.07) is 2.80. The first kappa shape index (κ1) is 33.9. The minimum absolute atomic E-state index is 0.0595. The number of ether oxygens (including phenoxy) is 1. The standard InChI is InChI=1S/C36H66O3Si/c1-6-7-8-10-29-12-16-32(17-13-29)34-20-22-35(23-21-34)33-18-14-30(15-19-33)27-40(4,5)24-9-11-31(25-37)26-39-36(38)28(2)3/h29-35,37H,2,6-27H2,1,3-5H3. The predicted octanol–water partition coefficient (Wildman–Crippen LogP) is 10.2. The Bertz CT molecular complexity index is 724. The zero-order valence-corrected chi connectivity index (χ0v) is 28.1. The Balaban J connectivity index is 1.28. The van der Waals surface area contributed by atoms with E-state index in [1.165, 1.54) is 102 Å². The zero-order chi connectivity index (χ0) is 29.0. The highest BCUT2D eigenvalue weighted by atomic mass is 28.3. The molecule has 4 heteroatoms.